The summed E-state index contributed by atoms with van der Waals surface area (Å²) in [7, 11) is 3.50. The molecule has 0 N–H and O–H groups in total. The van der Waals surface area contributed by atoms with E-state index in [0.717, 1.165) is 16.6 Å². The molecule has 2 aromatic rings. The number of nitrogens with zero attached hydrogens (tertiary/aromatic N) is 5. The Morgan fingerprint density at radius 1 is 1.29 bits per heavy atom. The van der Waals surface area contributed by atoms with Crippen LogP contribution in [0, 0.1) is 11.3 Å². The maximum absolute atomic E-state index is 12.1. The van der Waals surface area contributed by atoms with E-state index in [4.69, 9.17) is 11.6 Å². The standard InChI is InChI=1S/C17H18ClN5O/c1-21(2)17(24)23-7-5-22(6-8-23)16-12(10-19)11-20-15-4-3-13(18)9-14(15)16/h3-4,9,11H,5-8H2,1-2H3. The minimum atomic E-state index is 0.0118. The lowest BCUT2D eigenvalue weighted by Gasteiger charge is -2.37. The van der Waals surface area contributed by atoms with Crippen LogP contribution in [0.3, 0.4) is 0 Å². The topological polar surface area (TPSA) is 63.5 Å². The summed E-state index contributed by atoms with van der Waals surface area (Å²) in [6.07, 6.45) is 1.60. The summed E-state index contributed by atoms with van der Waals surface area (Å²) >= 11 is 6.14. The molecule has 2 heterocycles. The van der Waals surface area contributed by atoms with Crippen molar-refractivity contribution >= 4 is 34.2 Å². The van der Waals surface area contributed by atoms with Crippen molar-refractivity contribution in [3.8, 4) is 6.07 Å². The first-order valence-corrected chi connectivity index (χ1v) is 8.08. The van der Waals surface area contributed by atoms with Crippen LogP contribution < -0.4 is 4.90 Å². The minimum absolute atomic E-state index is 0.0118. The van der Waals surface area contributed by atoms with E-state index in [1.54, 1.807) is 31.3 Å². The third-order valence-electron chi connectivity index (χ3n) is 4.17. The Morgan fingerprint density at radius 3 is 2.62 bits per heavy atom. The minimum Gasteiger partial charge on any atom is -0.366 e. The van der Waals surface area contributed by atoms with Gasteiger partial charge in [-0.2, -0.15) is 5.26 Å². The van der Waals surface area contributed by atoms with Crippen LogP contribution in [0.4, 0.5) is 10.5 Å². The molecule has 0 atom stereocenters. The maximum atomic E-state index is 12.1. The Hall–Kier alpha value is -2.52. The van der Waals surface area contributed by atoms with Crippen LogP contribution in [-0.2, 0) is 0 Å². The lowest BCUT2D eigenvalue weighted by molar-refractivity contribution is 0.168. The fourth-order valence-electron chi connectivity index (χ4n) is 2.98. The first-order valence-electron chi connectivity index (χ1n) is 7.71. The van der Waals surface area contributed by atoms with Crippen LogP contribution >= 0.6 is 11.6 Å². The van der Waals surface area contributed by atoms with Gasteiger partial charge in [-0.3, -0.25) is 4.98 Å². The van der Waals surface area contributed by atoms with E-state index in [2.05, 4.69) is 16.0 Å². The number of halogens is 1. The number of hydrogen-bond donors (Lipinski definition) is 0. The van der Waals surface area contributed by atoms with E-state index in [1.807, 2.05) is 17.0 Å². The number of benzene rings is 1. The van der Waals surface area contributed by atoms with Crippen molar-refractivity contribution in [1.82, 2.24) is 14.8 Å². The molecule has 7 heteroatoms. The molecular weight excluding hydrogens is 326 g/mol. The van der Waals surface area contributed by atoms with Crippen LogP contribution in [0.15, 0.2) is 24.4 Å². The van der Waals surface area contributed by atoms with Gasteiger partial charge in [-0.05, 0) is 18.2 Å². The fraction of sp³-hybridized carbons (Fsp3) is 0.353. The molecule has 0 unspecified atom stereocenters. The molecule has 6 nitrogen and oxygen atoms in total. The number of nitriles is 1. The first-order chi connectivity index (χ1) is 11.5. The van der Waals surface area contributed by atoms with Gasteiger partial charge in [-0.25, -0.2) is 4.79 Å². The number of amides is 2. The Balaban J connectivity index is 1.94. The van der Waals surface area contributed by atoms with Gasteiger partial charge in [0, 0.05) is 56.9 Å². The summed E-state index contributed by atoms with van der Waals surface area (Å²) in [5.41, 5.74) is 2.18. The summed E-state index contributed by atoms with van der Waals surface area (Å²) in [6.45, 7) is 2.57. The molecule has 1 aliphatic heterocycles. The molecule has 0 radical (unpaired) electrons. The van der Waals surface area contributed by atoms with Crippen LogP contribution in [0.5, 0.6) is 0 Å². The highest BCUT2D eigenvalue weighted by molar-refractivity contribution is 6.31. The third kappa shape index (κ3) is 2.95. The maximum Gasteiger partial charge on any atom is 0.319 e. The molecule has 1 aromatic carbocycles. The molecule has 1 aliphatic rings. The number of hydrogen-bond acceptors (Lipinski definition) is 4. The average Bonchev–Trinajstić information content (AvgIpc) is 2.60. The number of fused-ring (bicyclic) bond motifs is 1. The predicted molar refractivity (Wildman–Crippen MR) is 94.3 cm³/mol. The molecule has 3 rings (SSSR count). The van der Waals surface area contributed by atoms with E-state index in [0.29, 0.717) is 36.8 Å². The molecule has 1 aromatic heterocycles. The summed E-state index contributed by atoms with van der Waals surface area (Å²) in [5, 5.41) is 11.0. The molecule has 24 heavy (non-hydrogen) atoms. The fourth-order valence-corrected chi connectivity index (χ4v) is 3.15. The van der Waals surface area contributed by atoms with E-state index < -0.39 is 0 Å². The first kappa shape index (κ1) is 16.3. The van der Waals surface area contributed by atoms with Gasteiger partial charge < -0.3 is 14.7 Å². The molecule has 1 saturated heterocycles. The van der Waals surface area contributed by atoms with Crippen molar-refractivity contribution < 1.29 is 4.79 Å². The highest BCUT2D eigenvalue weighted by Gasteiger charge is 2.25. The Morgan fingerprint density at radius 2 is 2.00 bits per heavy atom. The van der Waals surface area contributed by atoms with Crippen LogP contribution in [0.2, 0.25) is 5.02 Å². The number of piperazine rings is 1. The highest BCUT2D eigenvalue weighted by Crippen LogP contribution is 2.32. The molecule has 0 saturated carbocycles. The Kier molecular flexibility index (Phi) is 4.45. The van der Waals surface area contributed by atoms with Gasteiger partial charge in [0.1, 0.15) is 6.07 Å². The lowest BCUT2D eigenvalue weighted by Crippen LogP contribution is -2.51. The molecule has 2 amide bonds. The largest absolute Gasteiger partial charge is 0.366 e. The second kappa shape index (κ2) is 6.54. The number of carbonyl (C=O) groups is 1. The van der Waals surface area contributed by atoms with Gasteiger partial charge in [-0.1, -0.05) is 11.6 Å². The van der Waals surface area contributed by atoms with E-state index in [1.165, 1.54) is 0 Å². The number of aromatic nitrogens is 1. The van der Waals surface area contributed by atoms with Crippen LogP contribution in [-0.4, -0.2) is 61.1 Å². The zero-order valence-corrected chi connectivity index (χ0v) is 14.4. The molecule has 0 aliphatic carbocycles. The number of pyridine rings is 1. The summed E-state index contributed by atoms with van der Waals surface area (Å²) in [4.78, 5) is 21.9. The van der Waals surface area contributed by atoms with E-state index in [9.17, 15) is 10.1 Å². The Labute approximate surface area is 145 Å². The SMILES string of the molecule is CN(C)C(=O)N1CCN(c2c(C#N)cnc3ccc(Cl)cc23)CC1. The van der Waals surface area contributed by atoms with Gasteiger partial charge in [0.15, 0.2) is 0 Å². The van der Waals surface area contributed by atoms with E-state index in [-0.39, 0.29) is 6.03 Å². The van der Waals surface area contributed by atoms with Crippen molar-refractivity contribution in [2.24, 2.45) is 0 Å². The van der Waals surface area contributed by atoms with Crippen LogP contribution in [0.1, 0.15) is 5.56 Å². The molecule has 0 bridgehead atoms. The molecule has 0 spiro atoms. The van der Waals surface area contributed by atoms with Gasteiger partial charge in [-0.15, -0.1) is 0 Å². The number of carbonyl (C=O) groups excluding carboxylic acids is 1. The predicted octanol–water partition coefficient (Wildman–Crippen LogP) is 2.56. The van der Waals surface area contributed by atoms with Crippen LogP contribution in [0.25, 0.3) is 10.9 Å². The number of urea groups is 1. The zero-order chi connectivity index (χ0) is 17.3. The summed E-state index contributed by atoms with van der Waals surface area (Å²) in [5.74, 6) is 0. The van der Waals surface area contributed by atoms with Crippen molar-refractivity contribution in [2.45, 2.75) is 0 Å². The molecule has 1 fully saturated rings. The van der Waals surface area contributed by atoms with Gasteiger partial charge >= 0.3 is 6.03 Å². The molecule has 124 valence electrons. The zero-order valence-electron chi connectivity index (χ0n) is 13.7. The Bertz CT molecular complexity index is 822. The monoisotopic (exact) mass is 343 g/mol. The highest BCUT2D eigenvalue weighted by atomic mass is 35.5. The second-order valence-corrected chi connectivity index (χ2v) is 6.38. The second-order valence-electron chi connectivity index (χ2n) is 5.94. The smallest absolute Gasteiger partial charge is 0.319 e. The van der Waals surface area contributed by atoms with Gasteiger partial charge in [0.05, 0.1) is 16.8 Å². The molecular formula is C17H18ClN5O. The van der Waals surface area contributed by atoms with Gasteiger partial charge in [0.25, 0.3) is 0 Å². The van der Waals surface area contributed by atoms with Crippen molar-refractivity contribution in [1.29, 1.82) is 5.26 Å². The quantitative estimate of drug-likeness (QED) is 0.798. The normalized spacial score (nSPS) is 14.6. The van der Waals surface area contributed by atoms with E-state index >= 15 is 0 Å². The van der Waals surface area contributed by atoms with Crippen molar-refractivity contribution in [3.63, 3.8) is 0 Å². The number of anilines is 1. The number of rotatable bonds is 1. The van der Waals surface area contributed by atoms with Crippen molar-refractivity contribution in [2.75, 3.05) is 45.2 Å². The summed E-state index contributed by atoms with van der Waals surface area (Å²) in [6, 6.07) is 7.72. The van der Waals surface area contributed by atoms with Crippen molar-refractivity contribution in [3.05, 3.63) is 35.0 Å². The summed E-state index contributed by atoms with van der Waals surface area (Å²) < 4.78 is 0. The third-order valence-corrected chi connectivity index (χ3v) is 4.41. The average molecular weight is 344 g/mol. The lowest BCUT2D eigenvalue weighted by atomic mass is 10.1. The van der Waals surface area contributed by atoms with Gasteiger partial charge in [0.2, 0.25) is 0 Å².